The summed E-state index contributed by atoms with van der Waals surface area (Å²) >= 11 is 0. The molecule has 8 nitrogen and oxygen atoms in total. The number of carboxylic acid groups (broad SMARTS) is 1. The van der Waals surface area contributed by atoms with E-state index in [1.54, 1.807) is 0 Å². The number of aromatic nitrogens is 2. The fourth-order valence-corrected chi connectivity index (χ4v) is 2.89. The number of carbonyl (C=O) groups is 1. The van der Waals surface area contributed by atoms with E-state index in [9.17, 15) is 9.90 Å². The van der Waals surface area contributed by atoms with Gasteiger partial charge in [0.1, 0.15) is 18.9 Å². The summed E-state index contributed by atoms with van der Waals surface area (Å²) in [5.74, 6) is -1.13. The number of rotatable bonds is 9. The number of imidazole rings is 1. The Morgan fingerprint density at radius 2 is 2.31 bits per heavy atom. The highest BCUT2D eigenvalue weighted by Gasteiger charge is 2.17. The second-order valence-corrected chi connectivity index (χ2v) is 7.16. The SMILES string of the molecule is CC(C)C[C@H](N=[N+]=[N-])C(=O)[O-].CCCCn1cc[n+](C[C@@H]2CCCN2)c1. The van der Waals surface area contributed by atoms with Crippen molar-refractivity contribution in [3.63, 3.8) is 0 Å². The lowest BCUT2D eigenvalue weighted by molar-refractivity contribution is -0.698. The molecule has 26 heavy (non-hydrogen) atoms. The van der Waals surface area contributed by atoms with E-state index in [1.807, 2.05) is 13.8 Å². The molecule has 0 amide bonds. The molecule has 1 fully saturated rings. The van der Waals surface area contributed by atoms with E-state index in [2.05, 4.69) is 50.1 Å². The van der Waals surface area contributed by atoms with Gasteiger partial charge in [0.2, 0.25) is 6.33 Å². The van der Waals surface area contributed by atoms with Crippen molar-refractivity contribution in [2.45, 2.75) is 78.0 Å². The number of hydrogen-bond donors (Lipinski definition) is 1. The van der Waals surface area contributed by atoms with Gasteiger partial charge in [-0.15, -0.1) is 0 Å². The Balaban J connectivity index is 0.000000276. The molecule has 2 rings (SSSR count). The van der Waals surface area contributed by atoms with Crippen LogP contribution in [-0.4, -0.2) is 29.2 Å². The number of carbonyl (C=O) groups excluding carboxylic acids is 1. The first kappa shape index (κ1) is 22.0. The molecule has 1 aromatic rings. The molecule has 0 aromatic carbocycles. The van der Waals surface area contributed by atoms with Gasteiger partial charge in [0, 0.05) is 11.0 Å². The van der Waals surface area contributed by atoms with Gasteiger partial charge in [0.05, 0.1) is 18.6 Å². The van der Waals surface area contributed by atoms with Crippen molar-refractivity contribution >= 4 is 5.97 Å². The van der Waals surface area contributed by atoms with Gasteiger partial charge in [0.15, 0.2) is 0 Å². The summed E-state index contributed by atoms with van der Waals surface area (Å²) in [7, 11) is 0. The van der Waals surface area contributed by atoms with Crippen molar-refractivity contribution in [3.05, 3.63) is 29.2 Å². The maximum atomic E-state index is 10.2. The monoisotopic (exact) mass is 364 g/mol. The molecule has 0 unspecified atom stereocenters. The molecule has 2 atom stereocenters. The van der Waals surface area contributed by atoms with E-state index in [0.717, 1.165) is 13.1 Å². The van der Waals surface area contributed by atoms with Crippen molar-refractivity contribution in [1.29, 1.82) is 0 Å². The molecule has 1 N–H and O–H groups in total. The van der Waals surface area contributed by atoms with Crippen LogP contribution in [0.25, 0.3) is 10.4 Å². The predicted molar refractivity (Wildman–Crippen MR) is 98.0 cm³/mol. The molecule has 0 radical (unpaired) electrons. The minimum atomic E-state index is -1.31. The van der Waals surface area contributed by atoms with Gasteiger partial charge in [-0.1, -0.05) is 32.3 Å². The van der Waals surface area contributed by atoms with Gasteiger partial charge in [-0.25, -0.2) is 9.13 Å². The van der Waals surface area contributed by atoms with Crippen molar-refractivity contribution in [1.82, 2.24) is 9.88 Å². The van der Waals surface area contributed by atoms with Crippen LogP contribution in [-0.2, 0) is 17.9 Å². The first-order chi connectivity index (χ1) is 12.5. The number of azide groups is 1. The summed E-state index contributed by atoms with van der Waals surface area (Å²) in [4.78, 5) is 12.7. The summed E-state index contributed by atoms with van der Waals surface area (Å²) in [6.45, 7) is 9.41. The van der Waals surface area contributed by atoms with E-state index in [4.69, 9.17) is 5.53 Å². The Hall–Kier alpha value is -2.05. The van der Waals surface area contributed by atoms with Gasteiger partial charge in [-0.3, -0.25) is 0 Å². The summed E-state index contributed by atoms with van der Waals surface area (Å²) in [6.07, 6.45) is 12.1. The first-order valence-corrected chi connectivity index (χ1v) is 9.49. The molecule has 2 heterocycles. The fraction of sp³-hybridized carbons (Fsp3) is 0.778. The summed E-state index contributed by atoms with van der Waals surface area (Å²) < 4.78 is 4.59. The first-order valence-electron chi connectivity index (χ1n) is 9.49. The molecule has 0 saturated carbocycles. The van der Waals surface area contributed by atoms with E-state index >= 15 is 0 Å². The smallest absolute Gasteiger partial charge is 0.243 e. The average Bonchev–Trinajstić information content (AvgIpc) is 3.25. The number of aliphatic carboxylic acids is 1. The Labute approximate surface area is 155 Å². The highest BCUT2D eigenvalue weighted by molar-refractivity contribution is 5.71. The van der Waals surface area contributed by atoms with Crippen LogP contribution >= 0.6 is 0 Å². The van der Waals surface area contributed by atoms with Crippen LogP contribution in [0.3, 0.4) is 0 Å². The van der Waals surface area contributed by atoms with Crippen LogP contribution in [0.2, 0.25) is 0 Å². The van der Waals surface area contributed by atoms with E-state index in [0.29, 0.717) is 12.5 Å². The Kier molecular flexibility index (Phi) is 10.4. The minimum absolute atomic E-state index is 0.184. The van der Waals surface area contributed by atoms with Crippen LogP contribution in [0.1, 0.15) is 52.9 Å². The largest absolute Gasteiger partial charge is 0.550 e. The third kappa shape index (κ3) is 8.87. The maximum Gasteiger partial charge on any atom is 0.243 e. The normalized spacial score (nSPS) is 17.3. The molecule has 146 valence electrons. The second kappa shape index (κ2) is 12.3. The highest BCUT2D eigenvalue weighted by atomic mass is 16.4. The second-order valence-electron chi connectivity index (χ2n) is 7.16. The molecule has 1 aromatic heterocycles. The lowest BCUT2D eigenvalue weighted by Crippen LogP contribution is -2.41. The van der Waals surface area contributed by atoms with E-state index < -0.39 is 12.0 Å². The number of nitrogens with one attached hydrogen (secondary N) is 1. The minimum Gasteiger partial charge on any atom is -0.550 e. The number of hydrogen-bond acceptors (Lipinski definition) is 4. The van der Waals surface area contributed by atoms with Crippen molar-refractivity contribution < 1.29 is 14.5 Å². The number of unbranched alkanes of at least 4 members (excludes halogenated alkanes) is 1. The third-order valence-electron chi connectivity index (χ3n) is 4.27. The molecule has 1 aliphatic heterocycles. The van der Waals surface area contributed by atoms with Crippen molar-refractivity contribution in [2.24, 2.45) is 11.0 Å². The van der Waals surface area contributed by atoms with Gasteiger partial charge >= 0.3 is 0 Å². The lowest BCUT2D eigenvalue weighted by Gasteiger charge is -2.13. The topological polar surface area (TPSA) is 110 Å². The third-order valence-corrected chi connectivity index (χ3v) is 4.27. The van der Waals surface area contributed by atoms with Crippen LogP contribution < -0.4 is 15.0 Å². The van der Waals surface area contributed by atoms with Crippen LogP contribution in [0, 0.1) is 5.92 Å². The highest BCUT2D eigenvalue weighted by Crippen LogP contribution is 2.07. The summed E-state index contributed by atoms with van der Waals surface area (Å²) in [6, 6.07) is -0.336. The molecule has 1 aliphatic rings. The zero-order valence-electron chi connectivity index (χ0n) is 16.2. The zero-order chi connectivity index (χ0) is 19.4. The predicted octanol–water partition coefficient (Wildman–Crippen LogP) is 1.79. The van der Waals surface area contributed by atoms with Gasteiger partial charge < -0.3 is 15.2 Å². The molecule has 8 heteroatoms. The van der Waals surface area contributed by atoms with E-state index in [1.165, 1.54) is 32.2 Å². The molecule has 0 spiro atoms. The van der Waals surface area contributed by atoms with Crippen molar-refractivity contribution in [3.8, 4) is 0 Å². The van der Waals surface area contributed by atoms with Crippen LogP contribution in [0.15, 0.2) is 23.8 Å². The molecular weight excluding hydrogens is 332 g/mol. The van der Waals surface area contributed by atoms with Crippen LogP contribution in [0.4, 0.5) is 0 Å². The van der Waals surface area contributed by atoms with Gasteiger partial charge in [-0.2, -0.15) is 0 Å². The van der Waals surface area contributed by atoms with Gasteiger partial charge in [0.25, 0.3) is 0 Å². The molecular formula is C18H32N6O2. The standard InChI is InChI=1S/C12H22N3.C6H11N3O2/c1-2-3-7-14-8-9-15(11-14)10-12-5-4-6-13-12;1-4(2)3-5(6(10)11)8-9-7/h8-9,11-13H,2-7,10H2,1H3;4-5H,3H2,1-2H3,(H,10,11)/q+1;/p-1/t12-;5-/m00/s1. The van der Waals surface area contributed by atoms with Gasteiger partial charge in [-0.05, 0) is 43.7 Å². The Morgan fingerprint density at radius 1 is 1.54 bits per heavy atom. The Morgan fingerprint density at radius 3 is 2.85 bits per heavy atom. The summed E-state index contributed by atoms with van der Waals surface area (Å²) in [5.41, 5.74) is 7.97. The van der Waals surface area contributed by atoms with E-state index in [-0.39, 0.29) is 5.92 Å². The number of aryl methyl sites for hydroxylation is 1. The number of carboxylic acids is 1. The molecule has 0 bridgehead atoms. The quantitative estimate of drug-likeness (QED) is 0.312. The van der Waals surface area contributed by atoms with Crippen LogP contribution in [0.5, 0.6) is 0 Å². The zero-order valence-corrected chi connectivity index (χ0v) is 16.2. The number of nitrogens with zero attached hydrogens (tertiary/aromatic N) is 5. The van der Waals surface area contributed by atoms with Crippen molar-refractivity contribution in [2.75, 3.05) is 6.54 Å². The maximum absolute atomic E-state index is 10.2. The molecule has 1 saturated heterocycles. The average molecular weight is 364 g/mol. The fourth-order valence-electron chi connectivity index (χ4n) is 2.89. The summed E-state index contributed by atoms with van der Waals surface area (Å²) in [5, 5.41) is 16.9. The molecule has 0 aliphatic carbocycles. The lowest BCUT2D eigenvalue weighted by atomic mass is 10.1. The Bertz CT molecular complexity index is 572.